The molecule has 0 radical (unpaired) electrons. The van der Waals surface area contributed by atoms with Crippen molar-refractivity contribution >= 4 is 22.9 Å². The molecule has 2 heterocycles. The predicted octanol–water partition coefficient (Wildman–Crippen LogP) is 3.57. The molecule has 6 heteroatoms. The van der Waals surface area contributed by atoms with Gasteiger partial charge in [-0.3, -0.25) is 0 Å². The van der Waals surface area contributed by atoms with Crippen LogP contribution in [0.5, 0.6) is 5.75 Å². The van der Waals surface area contributed by atoms with Crippen molar-refractivity contribution in [3.8, 4) is 5.75 Å². The van der Waals surface area contributed by atoms with Gasteiger partial charge in [-0.2, -0.15) is 5.10 Å². The minimum Gasteiger partial charge on any atom is -0.487 e. The van der Waals surface area contributed by atoms with Gasteiger partial charge in [-0.05, 0) is 32.0 Å². The second-order valence-corrected chi connectivity index (χ2v) is 5.54. The zero-order valence-electron chi connectivity index (χ0n) is 12.5. The van der Waals surface area contributed by atoms with E-state index in [1.54, 1.807) is 6.20 Å². The zero-order valence-corrected chi connectivity index (χ0v) is 13.2. The van der Waals surface area contributed by atoms with Crippen LogP contribution in [0.15, 0.2) is 42.7 Å². The fraction of sp³-hybridized carbons (Fsp3) is 0.250. The van der Waals surface area contributed by atoms with E-state index in [2.05, 4.69) is 15.4 Å². The number of hydrogen-bond acceptors (Lipinski definition) is 4. The molecule has 0 saturated heterocycles. The number of nitrogens with one attached hydrogen (secondary N) is 1. The quantitative estimate of drug-likeness (QED) is 0.782. The van der Waals surface area contributed by atoms with Crippen LogP contribution in [-0.4, -0.2) is 27.2 Å². The van der Waals surface area contributed by atoms with Gasteiger partial charge >= 0.3 is 0 Å². The lowest BCUT2D eigenvalue weighted by Crippen LogP contribution is -2.23. The Hall–Kier alpha value is -2.27. The fourth-order valence-corrected chi connectivity index (χ4v) is 2.40. The molecule has 0 fully saturated rings. The molecule has 0 aliphatic carbocycles. The van der Waals surface area contributed by atoms with Crippen LogP contribution in [0.2, 0.25) is 5.02 Å². The van der Waals surface area contributed by atoms with Gasteiger partial charge in [-0.1, -0.05) is 23.7 Å². The summed E-state index contributed by atoms with van der Waals surface area (Å²) in [6.07, 6.45) is 3.50. The van der Waals surface area contributed by atoms with E-state index in [1.165, 1.54) is 0 Å². The topological polar surface area (TPSA) is 51.5 Å². The van der Waals surface area contributed by atoms with Crippen molar-refractivity contribution in [1.82, 2.24) is 14.6 Å². The van der Waals surface area contributed by atoms with Crippen LogP contribution in [0.3, 0.4) is 0 Å². The number of anilines is 1. The van der Waals surface area contributed by atoms with E-state index in [1.807, 2.05) is 54.9 Å². The SMILES string of the molecule is Cc1cc2c(NCC(C)Oc3ccccc3Cl)nccn2n1. The first-order valence-corrected chi connectivity index (χ1v) is 7.47. The molecule has 5 nitrogen and oxygen atoms in total. The fourth-order valence-electron chi connectivity index (χ4n) is 2.22. The standard InChI is InChI=1S/C16H17ClN4O/c1-11-9-14-16(18-7-8-21(14)20-11)19-10-12(2)22-15-6-4-3-5-13(15)17/h3-9,12H,10H2,1-2H3,(H,18,19). The summed E-state index contributed by atoms with van der Waals surface area (Å²) in [6, 6.07) is 9.45. The van der Waals surface area contributed by atoms with E-state index >= 15 is 0 Å². The van der Waals surface area contributed by atoms with Gasteiger partial charge in [0.2, 0.25) is 0 Å². The summed E-state index contributed by atoms with van der Waals surface area (Å²) in [5.41, 5.74) is 1.90. The third kappa shape index (κ3) is 3.14. The second-order valence-electron chi connectivity index (χ2n) is 5.13. The van der Waals surface area contributed by atoms with E-state index in [0.717, 1.165) is 17.0 Å². The maximum absolute atomic E-state index is 6.10. The maximum atomic E-state index is 6.10. The number of rotatable bonds is 5. The molecule has 1 unspecified atom stereocenters. The van der Waals surface area contributed by atoms with Crippen LogP contribution >= 0.6 is 11.6 Å². The molecule has 2 aromatic heterocycles. The molecular weight excluding hydrogens is 300 g/mol. The predicted molar refractivity (Wildman–Crippen MR) is 87.8 cm³/mol. The Balaban J connectivity index is 1.67. The average Bonchev–Trinajstić information content (AvgIpc) is 2.88. The first-order valence-electron chi connectivity index (χ1n) is 7.09. The summed E-state index contributed by atoms with van der Waals surface area (Å²) in [7, 11) is 0. The van der Waals surface area contributed by atoms with Crippen LogP contribution in [0.1, 0.15) is 12.6 Å². The zero-order chi connectivity index (χ0) is 15.5. The highest BCUT2D eigenvalue weighted by molar-refractivity contribution is 6.32. The molecular formula is C16H17ClN4O. The summed E-state index contributed by atoms with van der Waals surface area (Å²) in [5, 5.41) is 8.28. The number of para-hydroxylation sites is 1. The number of hydrogen-bond donors (Lipinski definition) is 1. The number of ether oxygens (including phenoxy) is 1. The van der Waals surface area contributed by atoms with Gasteiger partial charge in [0.25, 0.3) is 0 Å². The molecule has 0 saturated carbocycles. The number of halogens is 1. The molecule has 0 spiro atoms. The van der Waals surface area contributed by atoms with Gasteiger partial charge in [-0.15, -0.1) is 0 Å². The highest BCUT2D eigenvalue weighted by Crippen LogP contribution is 2.24. The third-order valence-corrected chi connectivity index (χ3v) is 3.55. The molecule has 114 valence electrons. The smallest absolute Gasteiger partial charge is 0.152 e. The molecule has 3 aromatic rings. The lowest BCUT2D eigenvalue weighted by molar-refractivity contribution is 0.235. The molecule has 3 rings (SSSR count). The van der Waals surface area contributed by atoms with E-state index in [-0.39, 0.29) is 6.10 Å². The number of nitrogens with zero attached hydrogens (tertiary/aromatic N) is 3. The van der Waals surface area contributed by atoms with E-state index in [9.17, 15) is 0 Å². The molecule has 0 aliphatic rings. The Morgan fingerprint density at radius 3 is 3.00 bits per heavy atom. The normalized spacial score (nSPS) is 12.3. The average molecular weight is 317 g/mol. The maximum Gasteiger partial charge on any atom is 0.152 e. The Morgan fingerprint density at radius 1 is 1.36 bits per heavy atom. The minimum absolute atomic E-state index is 0.0500. The summed E-state index contributed by atoms with van der Waals surface area (Å²) in [6.45, 7) is 4.56. The minimum atomic E-state index is -0.0500. The Morgan fingerprint density at radius 2 is 2.18 bits per heavy atom. The first kappa shape index (κ1) is 14.7. The number of aryl methyl sites for hydroxylation is 1. The van der Waals surface area contributed by atoms with Gasteiger partial charge in [0, 0.05) is 12.4 Å². The number of benzene rings is 1. The highest BCUT2D eigenvalue weighted by Gasteiger charge is 2.09. The van der Waals surface area contributed by atoms with Crippen molar-refractivity contribution in [2.45, 2.75) is 20.0 Å². The summed E-state index contributed by atoms with van der Waals surface area (Å²) in [4.78, 5) is 4.36. The summed E-state index contributed by atoms with van der Waals surface area (Å²) < 4.78 is 7.65. The van der Waals surface area contributed by atoms with Crippen LogP contribution in [-0.2, 0) is 0 Å². The molecule has 1 aromatic carbocycles. The molecule has 0 bridgehead atoms. The second kappa shape index (κ2) is 6.23. The van der Waals surface area contributed by atoms with Gasteiger partial charge in [0.05, 0.1) is 17.3 Å². The van der Waals surface area contributed by atoms with Gasteiger partial charge in [0.1, 0.15) is 17.4 Å². The summed E-state index contributed by atoms with van der Waals surface area (Å²) in [5.74, 6) is 1.47. The molecule has 22 heavy (non-hydrogen) atoms. The van der Waals surface area contributed by atoms with Crippen LogP contribution in [0.25, 0.3) is 5.52 Å². The largest absolute Gasteiger partial charge is 0.487 e. The third-order valence-electron chi connectivity index (χ3n) is 3.23. The van der Waals surface area contributed by atoms with Crippen molar-refractivity contribution < 1.29 is 4.74 Å². The van der Waals surface area contributed by atoms with Crippen LogP contribution in [0, 0.1) is 6.92 Å². The van der Waals surface area contributed by atoms with Crippen molar-refractivity contribution in [3.63, 3.8) is 0 Å². The van der Waals surface area contributed by atoms with Crippen molar-refractivity contribution in [2.24, 2.45) is 0 Å². The Bertz CT molecular complexity index is 787. The van der Waals surface area contributed by atoms with E-state index in [0.29, 0.717) is 17.3 Å². The summed E-state index contributed by atoms with van der Waals surface area (Å²) >= 11 is 6.10. The monoisotopic (exact) mass is 316 g/mol. The van der Waals surface area contributed by atoms with Gasteiger partial charge in [0.15, 0.2) is 5.82 Å². The Kier molecular flexibility index (Phi) is 4.15. The van der Waals surface area contributed by atoms with Gasteiger partial charge < -0.3 is 10.1 Å². The van der Waals surface area contributed by atoms with Crippen molar-refractivity contribution in [1.29, 1.82) is 0 Å². The lowest BCUT2D eigenvalue weighted by Gasteiger charge is -2.16. The van der Waals surface area contributed by atoms with E-state index < -0.39 is 0 Å². The Labute approximate surface area is 133 Å². The van der Waals surface area contributed by atoms with Crippen molar-refractivity contribution in [2.75, 3.05) is 11.9 Å². The molecule has 1 atom stereocenters. The highest BCUT2D eigenvalue weighted by atomic mass is 35.5. The van der Waals surface area contributed by atoms with Gasteiger partial charge in [-0.25, -0.2) is 9.50 Å². The molecule has 0 amide bonds. The first-order chi connectivity index (χ1) is 10.6. The van der Waals surface area contributed by atoms with Crippen LogP contribution < -0.4 is 10.1 Å². The van der Waals surface area contributed by atoms with Crippen molar-refractivity contribution in [3.05, 3.63) is 53.4 Å². The number of fused-ring (bicyclic) bond motifs is 1. The molecule has 0 aliphatic heterocycles. The lowest BCUT2D eigenvalue weighted by atomic mass is 10.3. The van der Waals surface area contributed by atoms with E-state index in [4.69, 9.17) is 16.3 Å². The molecule has 1 N–H and O–H groups in total. The van der Waals surface area contributed by atoms with Crippen LogP contribution in [0.4, 0.5) is 5.82 Å². The number of aromatic nitrogens is 3.